The first-order chi connectivity index (χ1) is 10.2. The van der Waals surface area contributed by atoms with Gasteiger partial charge in [-0.05, 0) is 12.5 Å². The van der Waals surface area contributed by atoms with Gasteiger partial charge < -0.3 is 9.42 Å². The predicted octanol–water partition coefficient (Wildman–Crippen LogP) is 1.94. The number of hydrogen-bond donors (Lipinski definition) is 0. The van der Waals surface area contributed by atoms with Gasteiger partial charge in [0.25, 0.3) is 5.91 Å². The molecule has 0 aliphatic carbocycles. The number of aryl methyl sites for hydroxylation is 1. The number of nitrogens with zero attached hydrogens (tertiary/aromatic N) is 3. The minimum Gasteiger partial charge on any atom is -0.361 e. The van der Waals surface area contributed by atoms with Crippen LogP contribution in [-0.2, 0) is 6.54 Å². The molecule has 0 saturated carbocycles. The van der Waals surface area contributed by atoms with Crippen LogP contribution in [0.15, 0.2) is 40.9 Å². The lowest BCUT2D eigenvalue weighted by atomic mass is 10.2. The fourth-order valence-electron chi connectivity index (χ4n) is 2.58. The molecule has 0 spiro atoms. The molecule has 0 N–H and O–H groups in total. The number of benzene rings is 1. The summed E-state index contributed by atoms with van der Waals surface area (Å²) >= 11 is 0. The smallest absolute Gasteiger partial charge is 0.276 e. The minimum atomic E-state index is -0.0359. The third-order valence-corrected chi connectivity index (χ3v) is 3.76. The van der Waals surface area contributed by atoms with Crippen LogP contribution < -0.4 is 0 Å². The molecule has 0 radical (unpaired) electrons. The van der Waals surface area contributed by atoms with Gasteiger partial charge in [0.05, 0.1) is 0 Å². The largest absolute Gasteiger partial charge is 0.361 e. The summed E-state index contributed by atoms with van der Waals surface area (Å²) < 4.78 is 4.97. The Morgan fingerprint density at radius 3 is 2.52 bits per heavy atom. The molecule has 1 saturated heterocycles. The number of amides is 1. The van der Waals surface area contributed by atoms with Crippen molar-refractivity contribution in [3.8, 4) is 0 Å². The Morgan fingerprint density at radius 2 is 1.90 bits per heavy atom. The fraction of sp³-hybridized carbons (Fsp3) is 0.375. The van der Waals surface area contributed by atoms with Crippen molar-refractivity contribution in [2.24, 2.45) is 0 Å². The topological polar surface area (TPSA) is 49.6 Å². The minimum absolute atomic E-state index is 0.0359. The van der Waals surface area contributed by atoms with Gasteiger partial charge in [-0.15, -0.1) is 0 Å². The second-order valence-electron chi connectivity index (χ2n) is 5.38. The van der Waals surface area contributed by atoms with E-state index in [1.807, 2.05) is 11.0 Å². The molecule has 0 bridgehead atoms. The van der Waals surface area contributed by atoms with Crippen molar-refractivity contribution in [3.63, 3.8) is 0 Å². The number of aromatic nitrogens is 1. The van der Waals surface area contributed by atoms with E-state index in [2.05, 4.69) is 34.3 Å². The molecule has 110 valence electrons. The van der Waals surface area contributed by atoms with Gasteiger partial charge >= 0.3 is 0 Å². The van der Waals surface area contributed by atoms with Crippen LogP contribution in [0.25, 0.3) is 0 Å². The first kappa shape index (κ1) is 13.8. The number of carbonyl (C=O) groups is 1. The molecule has 5 nitrogen and oxygen atoms in total. The Labute approximate surface area is 124 Å². The van der Waals surface area contributed by atoms with Crippen molar-refractivity contribution in [1.29, 1.82) is 0 Å². The molecule has 1 aliphatic heterocycles. The molecule has 5 heteroatoms. The van der Waals surface area contributed by atoms with Crippen LogP contribution in [-0.4, -0.2) is 47.0 Å². The first-order valence-corrected chi connectivity index (χ1v) is 7.21. The summed E-state index contributed by atoms with van der Waals surface area (Å²) in [4.78, 5) is 16.5. The van der Waals surface area contributed by atoms with E-state index in [1.165, 1.54) is 5.56 Å². The summed E-state index contributed by atoms with van der Waals surface area (Å²) in [5.74, 6) is 0.632. The molecule has 1 aromatic carbocycles. The normalized spacial score (nSPS) is 16.1. The van der Waals surface area contributed by atoms with Crippen LogP contribution in [0.1, 0.15) is 21.8 Å². The fourth-order valence-corrected chi connectivity index (χ4v) is 2.58. The summed E-state index contributed by atoms with van der Waals surface area (Å²) in [6, 6.07) is 12.1. The number of rotatable bonds is 3. The first-order valence-electron chi connectivity index (χ1n) is 7.21. The third kappa shape index (κ3) is 3.31. The lowest BCUT2D eigenvalue weighted by Crippen LogP contribution is -2.48. The van der Waals surface area contributed by atoms with E-state index in [9.17, 15) is 4.79 Å². The van der Waals surface area contributed by atoms with E-state index < -0.39 is 0 Å². The highest BCUT2D eigenvalue weighted by molar-refractivity contribution is 5.92. The van der Waals surface area contributed by atoms with Crippen molar-refractivity contribution in [2.75, 3.05) is 26.2 Å². The van der Waals surface area contributed by atoms with Gasteiger partial charge in [-0.1, -0.05) is 35.5 Å². The molecule has 1 aromatic heterocycles. The zero-order chi connectivity index (χ0) is 14.7. The number of piperazine rings is 1. The average molecular weight is 285 g/mol. The van der Waals surface area contributed by atoms with Crippen LogP contribution in [0.2, 0.25) is 0 Å². The molecule has 0 atom stereocenters. The molecule has 1 amide bonds. The summed E-state index contributed by atoms with van der Waals surface area (Å²) in [7, 11) is 0. The number of hydrogen-bond acceptors (Lipinski definition) is 4. The SMILES string of the molecule is Cc1cc(C(=O)N2CCN(Cc3ccccc3)CC2)no1. The monoisotopic (exact) mass is 285 g/mol. The van der Waals surface area contributed by atoms with Gasteiger partial charge in [-0.25, -0.2) is 0 Å². The molecule has 0 unspecified atom stereocenters. The summed E-state index contributed by atoms with van der Waals surface area (Å²) in [5, 5.41) is 3.80. The van der Waals surface area contributed by atoms with Crippen molar-refractivity contribution in [3.05, 3.63) is 53.4 Å². The van der Waals surface area contributed by atoms with E-state index >= 15 is 0 Å². The lowest BCUT2D eigenvalue weighted by Gasteiger charge is -2.34. The highest BCUT2D eigenvalue weighted by Gasteiger charge is 2.24. The molecular weight excluding hydrogens is 266 g/mol. The summed E-state index contributed by atoms with van der Waals surface area (Å²) in [5.41, 5.74) is 1.72. The summed E-state index contributed by atoms with van der Waals surface area (Å²) in [6.07, 6.45) is 0. The maximum Gasteiger partial charge on any atom is 0.276 e. The predicted molar refractivity (Wildman–Crippen MR) is 78.9 cm³/mol. The van der Waals surface area contributed by atoms with Crippen molar-refractivity contribution >= 4 is 5.91 Å². The van der Waals surface area contributed by atoms with E-state index in [4.69, 9.17) is 4.52 Å². The molecule has 21 heavy (non-hydrogen) atoms. The van der Waals surface area contributed by atoms with Gasteiger partial charge in [0.1, 0.15) is 5.76 Å². The van der Waals surface area contributed by atoms with Gasteiger partial charge in [0.2, 0.25) is 0 Å². The van der Waals surface area contributed by atoms with E-state index in [0.717, 1.165) is 32.7 Å². The van der Waals surface area contributed by atoms with Crippen LogP contribution in [0.5, 0.6) is 0 Å². The average Bonchev–Trinajstić information content (AvgIpc) is 2.95. The van der Waals surface area contributed by atoms with Crippen LogP contribution in [0.3, 0.4) is 0 Å². The quantitative estimate of drug-likeness (QED) is 0.865. The molecule has 3 rings (SSSR count). The van der Waals surface area contributed by atoms with E-state index in [1.54, 1.807) is 13.0 Å². The highest BCUT2D eigenvalue weighted by Crippen LogP contribution is 2.11. The van der Waals surface area contributed by atoms with E-state index in [0.29, 0.717) is 11.5 Å². The van der Waals surface area contributed by atoms with Gasteiger partial charge in [-0.2, -0.15) is 0 Å². The molecular formula is C16H19N3O2. The van der Waals surface area contributed by atoms with E-state index in [-0.39, 0.29) is 5.91 Å². The van der Waals surface area contributed by atoms with Crippen LogP contribution in [0, 0.1) is 6.92 Å². The molecule has 2 aromatic rings. The van der Waals surface area contributed by atoms with Gasteiger partial charge in [0.15, 0.2) is 5.69 Å². The molecule has 1 aliphatic rings. The second kappa shape index (κ2) is 6.10. The zero-order valence-corrected chi connectivity index (χ0v) is 12.2. The highest BCUT2D eigenvalue weighted by atomic mass is 16.5. The number of carbonyl (C=O) groups excluding carboxylic acids is 1. The Hall–Kier alpha value is -2.14. The zero-order valence-electron chi connectivity index (χ0n) is 12.2. The molecule has 1 fully saturated rings. The Bertz CT molecular complexity index is 601. The van der Waals surface area contributed by atoms with Gasteiger partial charge in [-0.3, -0.25) is 9.69 Å². The van der Waals surface area contributed by atoms with Crippen LogP contribution in [0.4, 0.5) is 0 Å². The standard InChI is InChI=1S/C16H19N3O2/c1-13-11-15(17-21-13)16(20)19-9-7-18(8-10-19)12-14-5-3-2-4-6-14/h2-6,11H,7-10,12H2,1H3. The van der Waals surface area contributed by atoms with Crippen molar-refractivity contribution in [1.82, 2.24) is 15.0 Å². The Kier molecular flexibility index (Phi) is 4.01. The summed E-state index contributed by atoms with van der Waals surface area (Å²) in [6.45, 7) is 5.97. The second-order valence-corrected chi connectivity index (χ2v) is 5.38. The maximum absolute atomic E-state index is 12.3. The maximum atomic E-state index is 12.3. The van der Waals surface area contributed by atoms with Crippen molar-refractivity contribution < 1.29 is 9.32 Å². The van der Waals surface area contributed by atoms with Crippen molar-refractivity contribution in [2.45, 2.75) is 13.5 Å². The van der Waals surface area contributed by atoms with Gasteiger partial charge in [0, 0.05) is 38.8 Å². The third-order valence-electron chi connectivity index (χ3n) is 3.76. The molecule has 2 heterocycles. The Morgan fingerprint density at radius 1 is 1.19 bits per heavy atom. The lowest BCUT2D eigenvalue weighted by molar-refractivity contribution is 0.0618. The van der Waals surface area contributed by atoms with Crippen LogP contribution >= 0.6 is 0 Å². The Balaban J connectivity index is 1.54.